The SMILES string of the molecule is CN(CC(=O)Nc1cccc2c1N=S=N2)C1CCC(CO)CC1. The highest BCUT2D eigenvalue weighted by atomic mass is 32.1. The van der Waals surface area contributed by atoms with Gasteiger partial charge < -0.3 is 10.4 Å². The van der Waals surface area contributed by atoms with Crippen molar-refractivity contribution in [3.63, 3.8) is 0 Å². The molecule has 23 heavy (non-hydrogen) atoms. The van der Waals surface area contributed by atoms with Crippen molar-refractivity contribution in [3.8, 4) is 0 Å². The van der Waals surface area contributed by atoms with Crippen LogP contribution < -0.4 is 5.32 Å². The maximum absolute atomic E-state index is 12.3. The van der Waals surface area contributed by atoms with E-state index in [0.29, 0.717) is 18.5 Å². The monoisotopic (exact) mass is 334 g/mol. The number of carbonyl (C=O) groups is 1. The molecule has 2 N–H and O–H groups in total. The summed E-state index contributed by atoms with van der Waals surface area (Å²) in [6.45, 7) is 0.644. The minimum absolute atomic E-state index is 0.0303. The molecular weight excluding hydrogens is 312 g/mol. The molecule has 3 rings (SSSR count). The molecule has 1 heterocycles. The number of nitrogens with one attached hydrogen (secondary N) is 1. The lowest BCUT2D eigenvalue weighted by Gasteiger charge is -2.33. The van der Waals surface area contributed by atoms with Crippen molar-refractivity contribution in [2.45, 2.75) is 31.7 Å². The molecule has 6 nitrogen and oxygen atoms in total. The Kier molecular flexibility index (Phi) is 5.20. The van der Waals surface area contributed by atoms with Gasteiger partial charge in [0.15, 0.2) is 0 Å². The second-order valence-corrected chi connectivity index (χ2v) is 6.79. The second-order valence-electron chi connectivity index (χ2n) is 6.26. The van der Waals surface area contributed by atoms with E-state index in [2.05, 4.69) is 18.9 Å². The van der Waals surface area contributed by atoms with Gasteiger partial charge in [0.05, 0.1) is 23.6 Å². The van der Waals surface area contributed by atoms with Gasteiger partial charge in [0.2, 0.25) is 5.91 Å². The highest BCUT2D eigenvalue weighted by Gasteiger charge is 2.24. The molecule has 7 heteroatoms. The molecule has 1 saturated carbocycles. The number of carbonyl (C=O) groups excluding carboxylic acids is 1. The van der Waals surface area contributed by atoms with Gasteiger partial charge in [-0.3, -0.25) is 9.69 Å². The minimum Gasteiger partial charge on any atom is -0.396 e. The Bertz CT molecular complexity index is 649. The van der Waals surface area contributed by atoms with Crippen LogP contribution in [0.5, 0.6) is 0 Å². The molecule has 0 atom stereocenters. The van der Waals surface area contributed by atoms with Crippen LogP contribution in [-0.4, -0.2) is 42.2 Å². The van der Waals surface area contributed by atoms with Gasteiger partial charge in [-0.15, -0.1) is 0 Å². The summed E-state index contributed by atoms with van der Waals surface area (Å²) in [6, 6.07) is 6.04. The van der Waals surface area contributed by atoms with E-state index in [1.165, 1.54) is 0 Å². The summed E-state index contributed by atoms with van der Waals surface area (Å²) in [5.41, 5.74) is 2.28. The van der Waals surface area contributed by atoms with Gasteiger partial charge in [0.25, 0.3) is 0 Å². The van der Waals surface area contributed by atoms with Gasteiger partial charge in [-0.25, -0.2) is 0 Å². The smallest absolute Gasteiger partial charge is 0.238 e. The third kappa shape index (κ3) is 3.85. The number of aliphatic hydroxyl groups is 1. The average molecular weight is 334 g/mol. The van der Waals surface area contributed by atoms with Gasteiger partial charge in [0, 0.05) is 12.6 Å². The van der Waals surface area contributed by atoms with Crippen molar-refractivity contribution in [2.24, 2.45) is 14.6 Å². The first-order valence-electron chi connectivity index (χ1n) is 7.99. The lowest BCUT2D eigenvalue weighted by molar-refractivity contribution is -0.117. The topological polar surface area (TPSA) is 77.3 Å². The van der Waals surface area contributed by atoms with E-state index in [0.717, 1.165) is 54.1 Å². The summed E-state index contributed by atoms with van der Waals surface area (Å²) in [5.74, 6) is 0.403. The first-order chi connectivity index (χ1) is 11.2. The molecule has 1 aromatic rings. The van der Waals surface area contributed by atoms with Crippen molar-refractivity contribution in [1.29, 1.82) is 0 Å². The van der Waals surface area contributed by atoms with Crippen molar-refractivity contribution >= 4 is 34.3 Å². The normalized spacial score (nSPS) is 22.7. The summed E-state index contributed by atoms with van der Waals surface area (Å²) in [4.78, 5) is 14.4. The van der Waals surface area contributed by atoms with E-state index < -0.39 is 0 Å². The predicted molar refractivity (Wildman–Crippen MR) is 92.1 cm³/mol. The molecule has 1 aliphatic heterocycles. The largest absolute Gasteiger partial charge is 0.396 e. The number of aliphatic hydroxyl groups excluding tert-OH is 1. The number of rotatable bonds is 5. The Balaban J connectivity index is 1.54. The molecule has 0 bridgehead atoms. The Labute approximate surface area is 139 Å². The number of anilines is 1. The van der Waals surface area contributed by atoms with Gasteiger partial charge >= 0.3 is 0 Å². The van der Waals surface area contributed by atoms with Crippen LogP contribution in [0.4, 0.5) is 17.1 Å². The van der Waals surface area contributed by atoms with Crippen molar-refractivity contribution in [2.75, 3.05) is 25.5 Å². The van der Waals surface area contributed by atoms with Crippen LogP contribution in [0.1, 0.15) is 25.7 Å². The molecule has 1 aliphatic carbocycles. The highest BCUT2D eigenvalue weighted by molar-refractivity contribution is 7.58. The fourth-order valence-electron chi connectivity index (χ4n) is 3.22. The molecule has 1 amide bonds. The average Bonchev–Trinajstić information content (AvgIpc) is 3.04. The molecule has 1 aromatic carbocycles. The van der Waals surface area contributed by atoms with Crippen LogP contribution in [0, 0.1) is 5.92 Å². The maximum atomic E-state index is 12.3. The highest BCUT2D eigenvalue weighted by Crippen LogP contribution is 2.38. The van der Waals surface area contributed by atoms with Crippen LogP contribution in [-0.2, 0) is 16.1 Å². The number of likely N-dealkylation sites (N-methyl/N-ethyl adjacent to an activating group) is 1. The molecular formula is C16H22N4O2S. The minimum atomic E-state index is -0.0303. The molecule has 124 valence electrons. The Hall–Kier alpha value is -1.57. The third-order valence-electron chi connectivity index (χ3n) is 4.65. The van der Waals surface area contributed by atoms with E-state index in [4.69, 9.17) is 0 Å². The van der Waals surface area contributed by atoms with Crippen LogP contribution in [0.3, 0.4) is 0 Å². The van der Waals surface area contributed by atoms with Crippen LogP contribution in [0.25, 0.3) is 0 Å². The van der Waals surface area contributed by atoms with Crippen molar-refractivity contribution in [3.05, 3.63) is 18.2 Å². The molecule has 0 spiro atoms. The number of fused-ring (bicyclic) bond motifs is 1. The van der Waals surface area contributed by atoms with Crippen LogP contribution in [0.2, 0.25) is 0 Å². The fourth-order valence-corrected chi connectivity index (χ4v) is 3.77. The summed E-state index contributed by atoms with van der Waals surface area (Å²) in [6.07, 6.45) is 4.16. The molecule has 0 unspecified atom stereocenters. The third-order valence-corrected chi connectivity index (χ3v) is 5.19. The van der Waals surface area contributed by atoms with E-state index in [-0.39, 0.29) is 12.5 Å². The number of benzene rings is 1. The molecule has 0 radical (unpaired) electrons. The lowest BCUT2D eigenvalue weighted by Crippen LogP contribution is -2.40. The first-order valence-corrected chi connectivity index (χ1v) is 8.72. The number of nitrogens with zero attached hydrogens (tertiary/aromatic N) is 3. The van der Waals surface area contributed by atoms with Gasteiger partial charge in [-0.1, -0.05) is 6.07 Å². The lowest BCUT2D eigenvalue weighted by atomic mass is 9.86. The van der Waals surface area contributed by atoms with Gasteiger partial charge in [-0.05, 0) is 50.8 Å². The van der Waals surface area contributed by atoms with E-state index >= 15 is 0 Å². The van der Waals surface area contributed by atoms with Crippen LogP contribution in [0.15, 0.2) is 26.9 Å². The Morgan fingerprint density at radius 1 is 1.35 bits per heavy atom. The number of hydrogen-bond donors (Lipinski definition) is 2. The van der Waals surface area contributed by atoms with Crippen molar-refractivity contribution in [1.82, 2.24) is 4.90 Å². The predicted octanol–water partition coefficient (Wildman–Crippen LogP) is 2.83. The summed E-state index contributed by atoms with van der Waals surface area (Å²) in [7, 11) is 1.99. The molecule has 2 aliphatic rings. The van der Waals surface area contributed by atoms with Gasteiger partial charge in [-0.2, -0.15) is 8.73 Å². The summed E-state index contributed by atoms with van der Waals surface area (Å²) in [5, 5.41) is 12.2. The van der Waals surface area contributed by atoms with Crippen molar-refractivity contribution < 1.29 is 9.90 Å². The van der Waals surface area contributed by atoms with E-state index in [9.17, 15) is 9.90 Å². The zero-order chi connectivity index (χ0) is 16.2. The van der Waals surface area contributed by atoms with E-state index in [1.54, 1.807) is 0 Å². The molecule has 0 aromatic heterocycles. The zero-order valence-electron chi connectivity index (χ0n) is 13.2. The van der Waals surface area contributed by atoms with Gasteiger partial charge in [0.1, 0.15) is 11.4 Å². The number of hydrogen-bond acceptors (Lipinski definition) is 5. The second kappa shape index (κ2) is 7.33. The summed E-state index contributed by atoms with van der Waals surface area (Å²) < 4.78 is 8.42. The number of amides is 1. The fraction of sp³-hybridized carbons (Fsp3) is 0.562. The maximum Gasteiger partial charge on any atom is 0.238 e. The van der Waals surface area contributed by atoms with Crippen LogP contribution >= 0.6 is 0 Å². The van der Waals surface area contributed by atoms with E-state index in [1.807, 2.05) is 25.2 Å². The summed E-state index contributed by atoms with van der Waals surface area (Å²) >= 11 is 1.15. The zero-order valence-corrected chi connectivity index (χ0v) is 14.1. The molecule has 0 saturated heterocycles. The Morgan fingerprint density at radius 2 is 2.13 bits per heavy atom. The first kappa shape index (κ1) is 16.3. The molecule has 1 fully saturated rings. The Morgan fingerprint density at radius 3 is 2.87 bits per heavy atom. The standard InChI is InChI=1S/C16H22N4O2S/c1-20(12-7-5-11(10-21)6-8-12)9-15(22)17-13-3-2-4-14-16(13)19-23-18-14/h2-4,11-12,21H,5-10H2,1H3,(H,17,22). The quantitative estimate of drug-likeness (QED) is 0.882.